The van der Waals surface area contributed by atoms with Gasteiger partial charge in [0.25, 0.3) is 0 Å². The van der Waals surface area contributed by atoms with Crippen molar-refractivity contribution in [1.82, 2.24) is 10.3 Å². The summed E-state index contributed by atoms with van der Waals surface area (Å²) in [5, 5.41) is 3.88. The summed E-state index contributed by atoms with van der Waals surface area (Å²) < 4.78 is 0. The predicted octanol–water partition coefficient (Wildman–Crippen LogP) is 5.07. The standard InChI is InChI=1S/C23H32N2/c1-22-12-10-20-17(6-9-21-23(20,2)11-4-14-25-21)19(22)8-7-18(22)16-5-3-13-24-15-16/h3,5,7,13,15,17,19-21,25H,4,6,8-12,14H2,1-2H3/t17-,19-,20-,21-,22+,23+/m0/s1. The van der Waals surface area contributed by atoms with E-state index in [1.165, 1.54) is 57.1 Å². The maximum absolute atomic E-state index is 4.40. The molecule has 5 rings (SSSR count). The molecule has 0 aromatic carbocycles. The Kier molecular flexibility index (Phi) is 3.64. The number of nitrogens with one attached hydrogen (secondary N) is 1. The Morgan fingerprint density at radius 3 is 2.88 bits per heavy atom. The van der Waals surface area contributed by atoms with Crippen LogP contribution in [0.1, 0.15) is 64.4 Å². The SMILES string of the molecule is C[C@]12CCCN[C@H]1CC[C@@H]1[C@@H]2CC[C@]2(C)C(c3cccnc3)=CC[C@@H]12. The Labute approximate surface area is 152 Å². The van der Waals surface area contributed by atoms with Gasteiger partial charge in [-0.3, -0.25) is 4.98 Å². The highest BCUT2D eigenvalue weighted by Gasteiger charge is 2.58. The number of nitrogens with zero attached hydrogens (tertiary/aromatic N) is 1. The predicted molar refractivity (Wildman–Crippen MR) is 103 cm³/mol. The minimum Gasteiger partial charge on any atom is -0.313 e. The van der Waals surface area contributed by atoms with E-state index in [9.17, 15) is 0 Å². The van der Waals surface area contributed by atoms with Crippen LogP contribution < -0.4 is 5.32 Å². The number of allylic oxidation sites excluding steroid dienone is 2. The minimum absolute atomic E-state index is 0.371. The van der Waals surface area contributed by atoms with Crippen molar-refractivity contribution in [2.75, 3.05) is 6.54 Å². The van der Waals surface area contributed by atoms with Crippen molar-refractivity contribution in [3.05, 3.63) is 36.2 Å². The fraction of sp³-hybridized carbons (Fsp3) is 0.696. The summed E-state index contributed by atoms with van der Waals surface area (Å²) >= 11 is 0. The second kappa shape index (κ2) is 5.67. The summed E-state index contributed by atoms with van der Waals surface area (Å²) in [4.78, 5) is 4.40. The number of pyridine rings is 1. The smallest absolute Gasteiger partial charge is 0.0343 e. The van der Waals surface area contributed by atoms with E-state index in [0.717, 1.165) is 23.8 Å². The van der Waals surface area contributed by atoms with Crippen molar-refractivity contribution in [2.24, 2.45) is 28.6 Å². The highest BCUT2D eigenvalue weighted by atomic mass is 15.0. The molecule has 25 heavy (non-hydrogen) atoms. The Hall–Kier alpha value is -1.15. The maximum atomic E-state index is 4.40. The molecule has 0 amide bonds. The van der Waals surface area contributed by atoms with E-state index < -0.39 is 0 Å². The lowest BCUT2D eigenvalue weighted by atomic mass is 9.47. The van der Waals surface area contributed by atoms with Crippen molar-refractivity contribution >= 4 is 5.57 Å². The van der Waals surface area contributed by atoms with E-state index in [4.69, 9.17) is 0 Å². The molecule has 134 valence electrons. The molecule has 0 bridgehead atoms. The first-order valence-electron chi connectivity index (χ1n) is 10.5. The summed E-state index contributed by atoms with van der Waals surface area (Å²) in [6, 6.07) is 5.14. The third-order valence-electron chi connectivity index (χ3n) is 8.71. The average molecular weight is 337 g/mol. The van der Waals surface area contributed by atoms with Crippen molar-refractivity contribution < 1.29 is 0 Å². The van der Waals surface area contributed by atoms with Gasteiger partial charge in [0.15, 0.2) is 0 Å². The van der Waals surface area contributed by atoms with Gasteiger partial charge >= 0.3 is 0 Å². The average Bonchev–Trinajstić information content (AvgIpc) is 2.99. The second-order valence-electron chi connectivity index (χ2n) is 9.62. The third kappa shape index (κ3) is 2.22. The largest absolute Gasteiger partial charge is 0.313 e. The number of hydrogen-bond donors (Lipinski definition) is 1. The van der Waals surface area contributed by atoms with Gasteiger partial charge in [-0.05, 0) is 97.3 Å². The van der Waals surface area contributed by atoms with E-state index in [-0.39, 0.29) is 0 Å². The van der Waals surface area contributed by atoms with E-state index >= 15 is 0 Å². The molecular formula is C23H32N2. The molecule has 0 unspecified atom stereocenters. The molecule has 3 fully saturated rings. The molecule has 1 saturated heterocycles. The van der Waals surface area contributed by atoms with Gasteiger partial charge in [-0.25, -0.2) is 0 Å². The molecule has 3 aliphatic carbocycles. The monoisotopic (exact) mass is 336 g/mol. The molecule has 0 spiro atoms. The number of piperidine rings is 1. The van der Waals surface area contributed by atoms with Crippen molar-refractivity contribution in [2.45, 2.75) is 64.8 Å². The van der Waals surface area contributed by atoms with Gasteiger partial charge in [0, 0.05) is 18.4 Å². The van der Waals surface area contributed by atoms with Crippen LogP contribution in [0.4, 0.5) is 0 Å². The van der Waals surface area contributed by atoms with Crippen LogP contribution in [-0.2, 0) is 0 Å². The molecular weight excluding hydrogens is 304 g/mol. The van der Waals surface area contributed by atoms with E-state index in [2.05, 4.69) is 48.6 Å². The first-order valence-corrected chi connectivity index (χ1v) is 10.5. The molecule has 1 aromatic rings. The fourth-order valence-corrected chi connectivity index (χ4v) is 7.43. The van der Waals surface area contributed by atoms with Crippen molar-refractivity contribution in [1.29, 1.82) is 0 Å². The molecule has 6 atom stereocenters. The Balaban J connectivity index is 1.46. The van der Waals surface area contributed by atoms with E-state index in [0.29, 0.717) is 10.8 Å². The van der Waals surface area contributed by atoms with Crippen LogP contribution in [0, 0.1) is 28.6 Å². The lowest BCUT2D eigenvalue weighted by Crippen LogP contribution is -2.59. The Morgan fingerprint density at radius 2 is 2.04 bits per heavy atom. The van der Waals surface area contributed by atoms with Crippen LogP contribution in [0.3, 0.4) is 0 Å². The molecule has 2 saturated carbocycles. The van der Waals surface area contributed by atoms with Crippen LogP contribution in [0.2, 0.25) is 0 Å². The van der Waals surface area contributed by atoms with Gasteiger partial charge < -0.3 is 5.32 Å². The quantitative estimate of drug-likeness (QED) is 0.774. The van der Waals surface area contributed by atoms with Gasteiger partial charge in [0.1, 0.15) is 0 Å². The molecule has 2 nitrogen and oxygen atoms in total. The normalized spacial score (nSPS) is 45.9. The van der Waals surface area contributed by atoms with Gasteiger partial charge in [0.05, 0.1) is 0 Å². The lowest BCUT2D eigenvalue weighted by molar-refractivity contribution is -0.0759. The fourth-order valence-electron chi connectivity index (χ4n) is 7.43. The zero-order chi connectivity index (χ0) is 17.1. The summed E-state index contributed by atoms with van der Waals surface area (Å²) in [7, 11) is 0. The number of aromatic nitrogens is 1. The zero-order valence-electron chi connectivity index (χ0n) is 15.8. The Bertz CT molecular complexity index is 681. The van der Waals surface area contributed by atoms with Gasteiger partial charge in [-0.15, -0.1) is 0 Å². The molecule has 1 aliphatic heterocycles. The zero-order valence-corrected chi connectivity index (χ0v) is 15.8. The summed E-state index contributed by atoms with van der Waals surface area (Å²) in [6.45, 7) is 6.42. The van der Waals surface area contributed by atoms with E-state index in [1.807, 2.05) is 6.20 Å². The second-order valence-corrected chi connectivity index (χ2v) is 9.62. The van der Waals surface area contributed by atoms with Crippen LogP contribution in [0.25, 0.3) is 5.57 Å². The molecule has 1 N–H and O–H groups in total. The minimum atomic E-state index is 0.371. The van der Waals surface area contributed by atoms with E-state index in [1.54, 1.807) is 5.57 Å². The number of hydrogen-bond acceptors (Lipinski definition) is 2. The molecule has 2 heterocycles. The van der Waals surface area contributed by atoms with Crippen molar-refractivity contribution in [3.8, 4) is 0 Å². The first-order chi connectivity index (χ1) is 12.1. The lowest BCUT2D eigenvalue weighted by Gasteiger charge is -2.60. The van der Waals surface area contributed by atoms with Gasteiger partial charge in [0.2, 0.25) is 0 Å². The van der Waals surface area contributed by atoms with Crippen LogP contribution in [0.5, 0.6) is 0 Å². The Morgan fingerprint density at radius 1 is 1.12 bits per heavy atom. The molecule has 4 aliphatic rings. The maximum Gasteiger partial charge on any atom is 0.0343 e. The third-order valence-corrected chi connectivity index (χ3v) is 8.71. The number of rotatable bonds is 1. The number of fused-ring (bicyclic) bond motifs is 5. The van der Waals surface area contributed by atoms with Crippen molar-refractivity contribution in [3.63, 3.8) is 0 Å². The molecule has 0 radical (unpaired) electrons. The van der Waals surface area contributed by atoms with Crippen LogP contribution >= 0.6 is 0 Å². The van der Waals surface area contributed by atoms with Crippen LogP contribution in [-0.4, -0.2) is 17.6 Å². The van der Waals surface area contributed by atoms with Crippen LogP contribution in [0.15, 0.2) is 30.6 Å². The topological polar surface area (TPSA) is 24.9 Å². The summed E-state index contributed by atoms with van der Waals surface area (Å²) in [5.74, 6) is 2.70. The van der Waals surface area contributed by atoms with Gasteiger partial charge in [-0.1, -0.05) is 26.0 Å². The molecule has 1 aromatic heterocycles. The summed E-state index contributed by atoms with van der Waals surface area (Å²) in [6.07, 6.45) is 16.3. The highest BCUT2D eigenvalue weighted by Crippen LogP contribution is 2.65. The first kappa shape index (κ1) is 16.1. The molecule has 2 heteroatoms. The highest BCUT2D eigenvalue weighted by molar-refractivity contribution is 5.72. The summed E-state index contributed by atoms with van der Waals surface area (Å²) in [5.41, 5.74) is 3.87. The van der Waals surface area contributed by atoms with Gasteiger partial charge in [-0.2, -0.15) is 0 Å².